The van der Waals surface area contributed by atoms with E-state index in [1.54, 1.807) is 6.92 Å². The van der Waals surface area contributed by atoms with E-state index in [1.165, 1.54) is 18.2 Å². The first kappa shape index (κ1) is 15.0. The molecule has 1 N–H and O–H groups in total. The van der Waals surface area contributed by atoms with Crippen molar-refractivity contribution in [2.45, 2.75) is 19.6 Å². The van der Waals surface area contributed by atoms with E-state index in [-0.39, 0.29) is 6.54 Å². The largest absolute Gasteiger partial charge is 0.435 e. The normalized spacial score (nSPS) is 11.5. The van der Waals surface area contributed by atoms with Crippen LogP contribution in [0.2, 0.25) is 0 Å². The first-order valence-corrected chi connectivity index (χ1v) is 5.92. The molecule has 0 saturated carbocycles. The number of nitrogens with zero attached hydrogens (tertiary/aromatic N) is 2. The summed E-state index contributed by atoms with van der Waals surface area (Å²) in [5, 5.41) is 5.76. The zero-order valence-corrected chi connectivity index (χ0v) is 10.9. The van der Waals surface area contributed by atoms with Crippen LogP contribution in [-0.2, 0) is 17.5 Å². The van der Waals surface area contributed by atoms with Crippen molar-refractivity contribution in [3.63, 3.8) is 0 Å². The highest BCUT2D eigenvalue weighted by atomic mass is 19.4. The van der Waals surface area contributed by atoms with Crippen molar-refractivity contribution in [1.82, 2.24) is 9.78 Å². The van der Waals surface area contributed by atoms with Crippen LogP contribution in [0.25, 0.3) is 0 Å². The Bertz CT molecular complexity index is 664. The van der Waals surface area contributed by atoms with E-state index >= 15 is 0 Å². The molecular formula is C13H11F4N3O. The fraction of sp³-hybridized carbons (Fsp3) is 0.231. The molecule has 1 aromatic heterocycles. The van der Waals surface area contributed by atoms with Crippen LogP contribution in [0.5, 0.6) is 0 Å². The van der Waals surface area contributed by atoms with E-state index in [9.17, 15) is 22.4 Å². The minimum absolute atomic E-state index is 0.368. The summed E-state index contributed by atoms with van der Waals surface area (Å²) in [5.74, 6) is -0.992. The predicted octanol–water partition coefficient (Wildman–Crippen LogP) is 2.99. The van der Waals surface area contributed by atoms with Crippen molar-refractivity contribution >= 4 is 11.6 Å². The number of hydrogen-bond acceptors (Lipinski definition) is 2. The van der Waals surface area contributed by atoms with Gasteiger partial charge in [0.1, 0.15) is 12.4 Å². The molecule has 1 amide bonds. The van der Waals surface area contributed by atoms with Crippen LogP contribution in [0.1, 0.15) is 11.3 Å². The quantitative estimate of drug-likeness (QED) is 0.886. The smallest absolute Gasteiger partial charge is 0.324 e. The first-order chi connectivity index (χ1) is 9.75. The molecule has 1 heterocycles. The third-order valence-corrected chi connectivity index (χ3v) is 2.70. The van der Waals surface area contributed by atoms with Crippen LogP contribution in [0.4, 0.5) is 23.2 Å². The fourth-order valence-electron chi connectivity index (χ4n) is 1.71. The summed E-state index contributed by atoms with van der Waals surface area (Å²) in [7, 11) is 0. The lowest BCUT2D eigenvalue weighted by atomic mass is 10.2. The van der Waals surface area contributed by atoms with E-state index in [0.717, 1.165) is 16.9 Å². The molecule has 4 nitrogen and oxygen atoms in total. The van der Waals surface area contributed by atoms with E-state index in [4.69, 9.17) is 0 Å². The van der Waals surface area contributed by atoms with E-state index < -0.39 is 23.6 Å². The number of anilines is 1. The Kier molecular flexibility index (Phi) is 3.97. The minimum Gasteiger partial charge on any atom is -0.324 e. The molecule has 2 aromatic rings. The molecule has 0 fully saturated rings. The topological polar surface area (TPSA) is 46.9 Å². The number of alkyl halides is 3. The summed E-state index contributed by atoms with van der Waals surface area (Å²) in [5.41, 5.74) is -0.155. The van der Waals surface area contributed by atoms with Gasteiger partial charge in [-0.25, -0.2) is 4.39 Å². The molecular weight excluding hydrogens is 290 g/mol. The third-order valence-electron chi connectivity index (χ3n) is 2.70. The third kappa shape index (κ3) is 3.80. The number of carbonyl (C=O) groups is 1. The van der Waals surface area contributed by atoms with Crippen molar-refractivity contribution in [2.75, 3.05) is 5.32 Å². The average Bonchev–Trinajstić information content (AvgIpc) is 2.81. The summed E-state index contributed by atoms with van der Waals surface area (Å²) >= 11 is 0. The van der Waals surface area contributed by atoms with E-state index in [1.807, 2.05) is 0 Å². The van der Waals surface area contributed by atoms with Crippen LogP contribution in [0.3, 0.4) is 0 Å². The molecule has 0 saturated heterocycles. The number of rotatable bonds is 3. The van der Waals surface area contributed by atoms with Gasteiger partial charge >= 0.3 is 6.18 Å². The van der Waals surface area contributed by atoms with Crippen molar-refractivity contribution in [3.8, 4) is 0 Å². The van der Waals surface area contributed by atoms with Crippen LogP contribution in [-0.4, -0.2) is 15.7 Å². The Balaban J connectivity index is 2.03. The van der Waals surface area contributed by atoms with Crippen LogP contribution in [0.15, 0.2) is 30.5 Å². The maximum atomic E-state index is 12.9. The molecule has 8 heteroatoms. The number of carbonyl (C=O) groups excluding carboxylic acids is 1. The zero-order chi connectivity index (χ0) is 15.6. The van der Waals surface area contributed by atoms with Gasteiger partial charge in [-0.15, -0.1) is 0 Å². The number of halogens is 4. The Morgan fingerprint density at radius 2 is 2.05 bits per heavy atom. The Hall–Kier alpha value is -2.38. The van der Waals surface area contributed by atoms with Crippen molar-refractivity contribution in [2.24, 2.45) is 0 Å². The van der Waals surface area contributed by atoms with E-state index in [2.05, 4.69) is 10.4 Å². The van der Waals surface area contributed by atoms with E-state index in [0.29, 0.717) is 11.3 Å². The second-order valence-corrected chi connectivity index (χ2v) is 4.40. The molecule has 0 unspecified atom stereocenters. The van der Waals surface area contributed by atoms with Gasteiger partial charge in [0.25, 0.3) is 0 Å². The van der Waals surface area contributed by atoms with Crippen molar-refractivity contribution in [1.29, 1.82) is 0 Å². The molecule has 0 aliphatic carbocycles. The number of amides is 1. The summed E-state index contributed by atoms with van der Waals surface area (Å²) < 4.78 is 50.9. The first-order valence-electron chi connectivity index (χ1n) is 5.92. The fourth-order valence-corrected chi connectivity index (χ4v) is 1.71. The number of hydrogen-bond donors (Lipinski definition) is 1. The molecule has 0 aliphatic rings. The summed E-state index contributed by atoms with van der Waals surface area (Å²) in [4.78, 5) is 11.7. The van der Waals surface area contributed by atoms with Gasteiger partial charge in [0.2, 0.25) is 5.91 Å². The van der Waals surface area contributed by atoms with Crippen LogP contribution in [0, 0.1) is 12.7 Å². The second kappa shape index (κ2) is 5.55. The Morgan fingerprint density at radius 3 is 2.62 bits per heavy atom. The molecule has 0 radical (unpaired) electrons. The van der Waals surface area contributed by atoms with Crippen LogP contribution >= 0.6 is 0 Å². The highest BCUT2D eigenvalue weighted by molar-refractivity contribution is 5.91. The predicted molar refractivity (Wildman–Crippen MR) is 67.0 cm³/mol. The molecule has 0 atom stereocenters. The standard InChI is InChI=1S/C13H11F4N3O/c1-8-6-9(14)2-3-10(8)18-12(21)7-20-5-4-11(19-20)13(15,16)17/h2-6H,7H2,1H3,(H,18,21). The van der Waals surface area contributed by atoms with Gasteiger partial charge in [0.15, 0.2) is 5.69 Å². The Morgan fingerprint density at radius 1 is 1.33 bits per heavy atom. The molecule has 0 aliphatic heterocycles. The molecule has 1 aromatic carbocycles. The van der Waals surface area contributed by atoms with Crippen molar-refractivity contribution in [3.05, 3.63) is 47.5 Å². The SMILES string of the molecule is Cc1cc(F)ccc1NC(=O)Cn1ccc(C(F)(F)F)n1. The zero-order valence-electron chi connectivity index (χ0n) is 10.9. The molecule has 21 heavy (non-hydrogen) atoms. The van der Waals surface area contributed by atoms with Gasteiger partial charge in [0.05, 0.1) is 0 Å². The number of benzene rings is 1. The van der Waals surface area contributed by atoms with Crippen LogP contribution < -0.4 is 5.32 Å². The molecule has 0 bridgehead atoms. The van der Waals surface area contributed by atoms with Gasteiger partial charge in [-0.05, 0) is 36.8 Å². The van der Waals surface area contributed by atoms with Crippen molar-refractivity contribution < 1.29 is 22.4 Å². The maximum Gasteiger partial charge on any atom is 0.435 e. The average molecular weight is 301 g/mol. The summed E-state index contributed by atoms with van der Waals surface area (Å²) in [6.45, 7) is 1.24. The lowest BCUT2D eigenvalue weighted by molar-refractivity contribution is -0.141. The lowest BCUT2D eigenvalue weighted by Gasteiger charge is -2.08. The summed E-state index contributed by atoms with van der Waals surface area (Å²) in [6, 6.07) is 4.59. The van der Waals surface area contributed by atoms with Gasteiger partial charge < -0.3 is 5.32 Å². The number of nitrogens with one attached hydrogen (secondary N) is 1. The monoisotopic (exact) mass is 301 g/mol. The van der Waals surface area contributed by atoms with Gasteiger partial charge in [-0.2, -0.15) is 18.3 Å². The number of aromatic nitrogens is 2. The summed E-state index contributed by atoms with van der Waals surface area (Å²) in [6.07, 6.45) is -3.48. The number of aryl methyl sites for hydroxylation is 1. The highest BCUT2D eigenvalue weighted by Gasteiger charge is 2.33. The second-order valence-electron chi connectivity index (χ2n) is 4.40. The Labute approximate surface area is 117 Å². The molecule has 0 spiro atoms. The maximum absolute atomic E-state index is 12.9. The van der Waals surface area contributed by atoms with Gasteiger partial charge in [0, 0.05) is 11.9 Å². The molecule has 112 valence electrons. The minimum atomic E-state index is -4.55. The van der Waals surface area contributed by atoms with Gasteiger partial charge in [-0.3, -0.25) is 9.48 Å². The highest BCUT2D eigenvalue weighted by Crippen LogP contribution is 2.27. The molecule has 2 rings (SSSR count). The van der Waals surface area contributed by atoms with Gasteiger partial charge in [-0.1, -0.05) is 0 Å². The lowest BCUT2D eigenvalue weighted by Crippen LogP contribution is -2.20.